The molecule has 0 amide bonds. The summed E-state index contributed by atoms with van der Waals surface area (Å²) in [5.74, 6) is 1.10. The lowest BCUT2D eigenvalue weighted by atomic mass is 9.95. The van der Waals surface area contributed by atoms with Crippen LogP contribution in [0.5, 0.6) is 11.5 Å². The summed E-state index contributed by atoms with van der Waals surface area (Å²) in [7, 11) is 1.62. The average molecular weight is 193 g/mol. The van der Waals surface area contributed by atoms with Crippen molar-refractivity contribution in [2.45, 2.75) is 18.3 Å². The second-order valence-electron chi connectivity index (χ2n) is 3.87. The van der Waals surface area contributed by atoms with Crippen molar-refractivity contribution in [3.63, 3.8) is 0 Å². The van der Waals surface area contributed by atoms with Gasteiger partial charge in [0, 0.05) is 17.5 Å². The predicted molar refractivity (Wildman–Crippen MR) is 54.6 cm³/mol. The third-order valence-electron chi connectivity index (χ3n) is 3.02. The van der Waals surface area contributed by atoms with Crippen LogP contribution in [0.4, 0.5) is 0 Å². The third-order valence-corrected chi connectivity index (χ3v) is 3.02. The maximum atomic E-state index is 9.73. The summed E-state index contributed by atoms with van der Waals surface area (Å²) < 4.78 is 5.13. The lowest BCUT2D eigenvalue weighted by molar-refractivity contribution is 0.408. The van der Waals surface area contributed by atoms with Gasteiger partial charge in [-0.25, -0.2) is 0 Å². The zero-order chi connectivity index (χ0) is 10.2. The van der Waals surface area contributed by atoms with E-state index in [0.717, 1.165) is 24.2 Å². The van der Waals surface area contributed by atoms with Crippen molar-refractivity contribution in [3.05, 3.63) is 23.8 Å². The van der Waals surface area contributed by atoms with E-state index in [1.165, 1.54) is 0 Å². The molecule has 0 radical (unpaired) electrons. The monoisotopic (exact) mass is 193 g/mol. The van der Waals surface area contributed by atoms with Gasteiger partial charge in [-0.3, -0.25) is 0 Å². The number of benzene rings is 1. The van der Waals surface area contributed by atoms with Gasteiger partial charge in [0.05, 0.1) is 7.11 Å². The summed E-state index contributed by atoms with van der Waals surface area (Å²) >= 11 is 0. The van der Waals surface area contributed by atoms with Crippen molar-refractivity contribution < 1.29 is 9.84 Å². The molecule has 3 N–H and O–H groups in total. The molecule has 0 saturated heterocycles. The Balaban J connectivity index is 2.41. The van der Waals surface area contributed by atoms with E-state index in [9.17, 15) is 5.11 Å². The minimum Gasteiger partial charge on any atom is -0.508 e. The van der Waals surface area contributed by atoms with Crippen molar-refractivity contribution in [2.24, 2.45) is 5.73 Å². The number of phenols is 1. The molecule has 76 valence electrons. The summed E-state index contributed by atoms with van der Waals surface area (Å²) in [5, 5.41) is 9.73. The summed E-state index contributed by atoms with van der Waals surface area (Å²) in [5.41, 5.74) is 6.65. The van der Waals surface area contributed by atoms with Crippen molar-refractivity contribution in [1.82, 2.24) is 0 Å². The van der Waals surface area contributed by atoms with Crippen molar-refractivity contribution in [1.29, 1.82) is 0 Å². The number of nitrogens with two attached hydrogens (primary N) is 1. The summed E-state index contributed by atoms with van der Waals surface area (Å²) in [6.07, 6.45) is 2.12. The molecule has 1 aliphatic carbocycles. The van der Waals surface area contributed by atoms with Gasteiger partial charge in [0.1, 0.15) is 11.5 Å². The van der Waals surface area contributed by atoms with Crippen LogP contribution in [0.15, 0.2) is 18.2 Å². The fourth-order valence-corrected chi connectivity index (χ4v) is 1.80. The maximum Gasteiger partial charge on any atom is 0.119 e. The lowest BCUT2D eigenvalue weighted by Gasteiger charge is -2.15. The molecule has 0 unspecified atom stereocenters. The van der Waals surface area contributed by atoms with Crippen LogP contribution in [-0.4, -0.2) is 18.8 Å². The fraction of sp³-hybridized carbons (Fsp3) is 0.455. The minimum absolute atomic E-state index is 0.0125. The van der Waals surface area contributed by atoms with E-state index in [2.05, 4.69) is 0 Å². The van der Waals surface area contributed by atoms with Crippen LogP contribution in [0.25, 0.3) is 0 Å². The molecule has 3 nitrogen and oxygen atoms in total. The van der Waals surface area contributed by atoms with Gasteiger partial charge < -0.3 is 15.6 Å². The van der Waals surface area contributed by atoms with Crippen molar-refractivity contribution in [3.8, 4) is 11.5 Å². The second-order valence-corrected chi connectivity index (χ2v) is 3.87. The van der Waals surface area contributed by atoms with Crippen LogP contribution in [0.3, 0.4) is 0 Å². The van der Waals surface area contributed by atoms with Gasteiger partial charge in [-0.1, -0.05) is 0 Å². The van der Waals surface area contributed by atoms with Gasteiger partial charge in [-0.2, -0.15) is 0 Å². The first-order valence-corrected chi connectivity index (χ1v) is 4.79. The van der Waals surface area contributed by atoms with Gasteiger partial charge in [0.25, 0.3) is 0 Å². The standard InChI is InChI=1S/C11H15NO2/c1-14-8-2-3-10(13)9(6-8)11(7-12)4-5-11/h2-3,6,13H,4-5,7,12H2,1H3. The molecule has 1 aliphatic rings. The van der Waals surface area contributed by atoms with Crippen LogP contribution in [0, 0.1) is 0 Å². The highest BCUT2D eigenvalue weighted by Gasteiger charge is 2.44. The molecule has 0 aromatic heterocycles. The molecule has 2 rings (SSSR count). The molecule has 0 heterocycles. The highest BCUT2D eigenvalue weighted by atomic mass is 16.5. The quantitative estimate of drug-likeness (QED) is 0.762. The first-order chi connectivity index (χ1) is 6.72. The number of methoxy groups -OCH3 is 1. The third kappa shape index (κ3) is 1.34. The van der Waals surface area contributed by atoms with Crippen LogP contribution in [-0.2, 0) is 5.41 Å². The van der Waals surface area contributed by atoms with Crippen LogP contribution >= 0.6 is 0 Å². The Hall–Kier alpha value is -1.22. The molecule has 0 spiro atoms. The second kappa shape index (κ2) is 3.17. The molecule has 1 aromatic carbocycles. The Kier molecular flexibility index (Phi) is 2.11. The molecule has 0 atom stereocenters. The number of hydrogen-bond donors (Lipinski definition) is 2. The lowest BCUT2D eigenvalue weighted by Crippen LogP contribution is -2.19. The predicted octanol–water partition coefficient (Wildman–Crippen LogP) is 1.39. The first kappa shape index (κ1) is 9.34. The SMILES string of the molecule is COc1ccc(O)c(C2(CN)CC2)c1. The number of rotatable bonds is 3. The molecule has 1 aromatic rings. The molecule has 1 fully saturated rings. The fourth-order valence-electron chi connectivity index (χ4n) is 1.80. The molecular weight excluding hydrogens is 178 g/mol. The van der Waals surface area contributed by atoms with Gasteiger partial charge >= 0.3 is 0 Å². The van der Waals surface area contributed by atoms with Gasteiger partial charge in [0.2, 0.25) is 0 Å². The first-order valence-electron chi connectivity index (χ1n) is 4.79. The van der Waals surface area contributed by atoms with E-state index in [1.807, 2.05) is 6.07 Å². The van der Waals surface area contributed by atoms with Gasteiger partial charge in [0.15, 0.2) is 0 Å². The maximum absolute atomic E-state index is 9.73. The van der Waals surface area contributed by atoms with Crippen LogP contribution < -0.4 is 10.5 Å². The Morgan fingerprint density at radius 1 is 1.50 bits per heavy atom. The Bertz CT molecular complexity index is 345. The van der Waals surface area contributed by atoms with E-state index < -0.39 is 0 Å². The zero-order valence-corrected chi connectivity index (χ0v) is 8.29. The largest absolute Gasteiger partial charge is 0.508 e. The number of aromatic hydroxyl groups is 1. The van der Waals surface area contributed by atoms with E-state index in [1.54, 1.807) is 19.2 Å². The number of hydrogen-bond acceptors (Lipinski definition) is 3. The van der Waals surface area contributed by atoms with Crippen molar-refractivity contribution >= 4 is 0 Å². The Morgan fingerprint density at radius 2 is 2.21 bits per heavy atom. The summed E-state index contributed by atoms with van der Waals surface area (Å²) in [6, 6.07) is 5.31. The number of phenolic OH excluding ortho intramolecular Hbond substituents is 1. The van der Waals surface area contributed by atoms with E-state index in [0.29, 0.717) is 12.3 Å². The van der Waals surface area contributed by atoms with E-state index in [-0.39, 0.29) is 5.41 Å². The smallest absolute Gasteiger partial charge is 0.119 e. The normalized spacial score (nSPS) is 17.9. The average Bonchev–Trinajstić information content (AvgIpc) is 2.99. The van der Waals surface area contributed by atoms with Crippen molar-refractivity contribution in [2.75, 3.05) is 13.7 Å². The topological polar surface area (TPSA) is 55.5 Å². The molecule has 0 bridgehead atoms. The Labute approximate surface area is 83.5 Å². The minimum atomic E-state index is 0.0125. The summed E-state index contributed by atoms with van der Waals surface area (Å²) in [4.78, 5) is 0. The van der Waals surface area contributed by atoms with E-state index >= 15 is 0 Å². The molecule has 0 aliphatic heterocycles. The highest BCUT2D eigenvalue weighted by Crippen LogP contribution is 2.50. The van der Waals surface area contributed by atoms with E-state index in [4.69, 9.17) is 10.5 Å². The van der Waals surface area contributed by atoms with Gasteiger partial charge in [-0.15, -0.1) is 0 Å². The van der Waals surface area contributed by atoms with Crippen LogP contribution in [0.2, 0.25) is 0 Å². The van der Waals surface area contributed by atoms with Crippen LogP contribution in [0.1, 0.15) is 18.4 Å². The molecule has 3 heteroatoms. The molecular formula is C11H15NO2. The number of ether oxygens (including phenoxy) is 1. The Morgan fingerprint density at radius 3 is 2.71 bits per heavy atom. The molecule has 14 heavy (non-hydrogen) atoms. The van der Waals surface area contributed by atoms with Gasteiger partial charge in [-0.05, 0) is 31.0 Å². The molecule has 1 saturated carbocycles. The summed E-state index contributed by atoms with van der Waals surface area (Å²) in [6.45, 7) is 0.591. The zero-order valence-electron chi connectivity index (χ0n) is 8.29. The highest BCUT2D eigenvalue weighted by molar-refractivity contribution is 5.47.